The lowest BCUT2D eigenvalue weighted by Gasteiger charge is -2.10. The SMILES string of the molecule is O=C(NCC(O)C(F)F)c1ncccc1Br. The summed E-state index contributed by atoms with van der Waals surface area (Å²) in [6, 6.07) is 3.22. The van der Waals surface area contributed by atoms with E-state index in [0.717, 1.165) is 0 Å². The fourth-order valence-corrected chi connectivity index (χ4v) is 1.36. The third-order valence-electron chi connectivity index (χ3n) is 1.74. The Morgan fingerprint density at radius 3 is 2.88 bits per heavy atom. The highest BCUT2D eigenvalue weighted by atomic mass is 79.9. The first kappa shape index (κ1) is 13.0. The molecule has 1 unspecified atom stereocenters. The summed E-state index contributed by atoms with van der Waals surface area (Å²) >= 11 is 3.10. The van der Waals surface area contributed by atoms with Crippen LogP contribution in [0.25, 0.3) is 0 Å². The molecule has 1 aromatic heterocycles. The van der Waals surface area contributed by atoms with E-state index in [2.05, 4.69) is 26.2 Å². The largest absolute Gasteiger partial charge is 0.385 e. The molecule has 0 aliphatic heterocycles. The molecule has 1 amide bonds. The minimum atomic E-state index is -2.88. The molecular weight excluding hydrogens is 286 g/mol. The van der Waals surface area contributed by atoms with E-state index in [9.17, 15) is 13.6 Å². The summed E-state index contributed by atoms with van der Waals surface area (Å²) < 4.78 is 24.3. The number of nitrogens with one attached hydrogen (secondary N) is 1. The maximum atomic E-state index is 11.9. The second-order valence-electron chi connectivity index (χ2n) is 2.95. The van der Waals surface area contributed by atoms with E-state index in [4.69, 9.17) is 5.11 Å². The summed E-state index contributed by atoms with van der Waals surface area (Å²) in [4.78, 5) is 15.2. The number of carbonyl (C=O) groups is 1. The fourth-order valence-electron chi connectivity index (χ4n) is 0.923. The molecule has 7 heteroatoms. The molecule has 0 saturated carbocycles. The molecule has 0 spiro atoms. The smallest absolute Gasteiger partial charge is 0.271 e. The molecular formula is C9H9BrF2N2O2. The first-order valence-corrected chi connectivity index (χ1v) is 5.16. The predicted molar refractivity (Wildman–Crippen MR) is 56.3 cm³/mol. The van der Waals surface area contributed by atoms with Gasteiger partial charge in [-0.1, -0.05) is 0 Å². The molecule has 1 heterocycles. The van der Waals surface area contributed by atoms with Crippen LogP contribution in [-0.2, 0) is 0 Å². The van der Waals surface area contributed by atoms with Crippen molar-refractivity contribution in [2.24, 2.45) is 0 Å². The van der Waals surface area contributed by atoms with Crippen LogP contribution in [0.2, 0.25) is 0 Å². The lowest BCUT2D eigenvalue weighted by Crippen LogP contribution is -2.36. The number of rotatable bonds is 4. The molecule has 0 saturated heterocycles. The summed E-state index contributed by atoms with van der Waals surface area (Å²) in [6.45, 7) is -0.514. The average Bonchev–Trinajstić information content (AvgIpc) is 2.25. The highest BCUT2D eigenvalue weighted by molar-refractivity contribution is 9.10. The third-order valence-corrected chi connectivity index (χ3v) is 2.38. The van der Waals surface area contributed by atoms with Crippen molar-refractivity contribution < 1.29 is 18.7 Å². The van der Waals surface area contributed by atoms with Crippen molar-refractivity contribution in [1.29, 1.82) is 0 Å². The van der Waals surface area contributed by atoms with E-state index in [1.807, 2.05) is 0 Å². The first-order valence-electron chi connectivity index (χ1n) is 4.37. The topological polar surface area (TPSA) is 62.2 Å². The zero-order valence-corrected chi connectivity index (χ0v) is 9.62. The Hall–Kier alpha value is -1.08. The van der Waals surface area contributed by atoms with Crippen molar-refractivity contribution in [3.63, 3.8) is 0 Å². The van der Waals surface area contributed by atoms with Crippen LogP contribution in [0.4, 0.5) is 8.78 Å². The zero-order valence-electron chi connectivity index (χ0n) is 8.03. The summed E-state index contributed by atoms with van der Waals surface area (Å²) in [5.74, 6) is -0.618. The molecule has 0 aliphatic rings. The Kier molecular flexibility index (Phi) is 4.75. The van der Waals surface area contributed by atoms with Gasteiger partial charge in [-0.2, -0.15) is 0 Å². The normalized spacial score (nSPS) is 12.6. The van der Waals surface area contributed by atoms with Gasteiger partial charge in [0.05, 0.1) is 0 Å². The van der Waals surface area contributed by atoms with E-state index >= 15 is 0 Å². The third kappa shape index (κ3) is 3.49. The van der Waals surface area contributed by atoms with Crippen molar-refractivity contribution in [1.82, 2.24) is 10.3 Å². The van der Waals surface area contributed by atoms with Crippen molar-refractivity contribution >= 4 is 21.8 Å². The molecule has 1 atom stereocenters. The number of carbonyl (C=O) groups excluding carboxylic acids is 1. The fraction of sp³-hybridized carbons (Fsp3) is 0.333. The van der Waals surface area contributed by atoms with Gasteiger partial charge in [0.1, 0.15) is 11.8 Å². The number of pyridine rings is 1. The van der Waals surface area contributed by atoms with Gasteiger partial charge >= 0.3 is 0 Å². The minimum absolute atomic E-state index is 0.0870. The molecule has 0 radical (unpaired) electrons. The number of halogens is 3. The first-order chi connectivity index (χ1) is 7.52. The second kappa shape index (κ2) is 5.86. The van der Waals surface area contributed by atoms with Crippen molar-refractivity contribution in [2.45, 2.75) is 12.5 Å². The number of amides is 1. The van der Waals surface area contributed by atoms with Gasteiger partial charge in [-0.05, 0) is 28.1 Å². The van der Waals surface area contributed by atoms with Gasteiger partial charge in [0, 0.05) is 17.2 Å². The molecule has 2 N–H and O–H groups in total. The number of nitrogens with zero attached hydrogens (tertiary/aromatic N) is 1. The van der Waals surface area contributed by atoms with Crippen LogP contribution in [0, 0.1) is 0 Å². The molecule has 16 heavy (non-hydrogen) atoms. The summed E-state index contributed by atoms with van der Waals surface area (Å²) in [7, 11) is 0. The van der Waals surface area contributed by atoms with Crippen molar-refractivity contribution in [2.75, 3.05) is 6.54 Å². The summed E-state index contributed by atoms with van der Waals surface area (Å²) in [5.41, 5.74) is 0.0870. The number of aromatic nitrogens is 1. The molecule has 88 valence electrons. The maximum Gasteiger partial charge on any atom is 0.271 e. The van der Waals surface area contributed by atoms with Crippen molar-refractivity contribution in [3.8, 4) is 0 Å². The van der Waals surface area contributed by atoms with Crippen LogP contribution >= 0.6 is 15.9 Å². The Morgan fingerprint density at radius 2 is 2.31 bits per heavy atom. The molecule has 0 fully saturated rings. The Morgan fingerprint density at radius 1 is 1.62 bits per heavy atom. The summed E-state index contributed by atoms with van der Waals surface area (Å²) in [6.07, 6.45) is -3.35. The lowest BCUT2D eigenvalue weighted by molar-refractivity contribution is -0.00273. The van der Waals surface area contributed by atoms with Gasteiger partial charge in [0.25, 0.3) is 12.3 Å². The monoisotopic (exact) mass is 294 g/mol. The molecule has 1 rings (SSSR count). The van der Waals surface area contributed by atoms with Crippen LogP contribution in [0.15, 0.2) is 22.8 Å². The average molecular weight is 295 g/mol. The number of aliphatic hydroxyl groups is 1. The Bertz CT molecular complexity index is 376. The van der Waals surface area contributed by atoms with E-state index in [1.165, 1.54) is 6.20 Å². The minimum Gasteiger partial charge on any atom is -0.385 e. The van der Waals surface area contributed by atoms with Crippen LogP contribution in [0.1, 0.15) is 10.5 Å². The van der Waals surface area contributed by atoms with Gasteiger partial charge < -0.3 is 10.4 Å². The lowest BCUT2D eigenvalue weighted by atomic mass is 10.3. The Balaban J connectivity index is 2.57. The van der Waals surface area contributed by atoms with Gasteiger partial charge in [-0.15, -0.1) is 0 Å². The van der Waals surface area contributed by atoms with Crippen LogP contribution in [-0.4, -0.2) is 35.1 Å². The van der Waals surface area contributed by atoms with Crippen LogP contribution in [0.5, 0.6) is 0 Å². The van der Waals surface area contributed by atoms with Gasteiger partial charge in [-0.3, -0.25) is 4.79 Å². The van der Waals surface area contributed by atoms with E-state index in [-0.39, 0.29) is 5.69 Å². The van der Waals surface area contributed by atoms with Gasteiger partial charge in [0.15, 0.2) is 0 Å². The molecule has 0 bridgehead atoms. The van der Waals surface area contributed by atoms with Gasteiger partial charge in [0.2, 0.25) is 0 Å². The highest BCUT2D eigenvalue weighted by Gasteiger charge is 2.18. The Labute approximate surface area is 98.8 Å². The van der Waals surface area contributed by atoms with Gasteiger partial charge in [-0.25, -0.2) is 13.8 Å². The maximum absolute atomic E-state index is 11.9. The number of hydrogen-bond acceptors (Lipinski definition) is 3. The van der Waals surface area contributed by atoms with Crippen LogP contribution < -0.4 is 5.32 Å². The predicted octanol–water partition coefficient (Wildman–Crippen LogP) is 1.20. The molecule has 1 aromatic rings. The van der Waals surface area contributed by atoms with Crippen molar-refractivity contribution in [3.05, 3.63) is 28.5 Å². The van der Waals surface area contributed by atoms with E-state index in [1.54, 1.807) is 12.1 Å². The standard InChI is InChI=1S/C9H9BrF2N2O2/c10-5-2-1-3-13-7(5)9(16)14-4-6(15)8(11)12/h1-3,6,8,15H,4H2,(H,14,16). The van der Waals surface area contributed by atoms with E-state index in [0.29, 0.717) is 4.47 Å². The van der Waals surface area contributed by atoms with Crippen LogP contribution in [0.3, 0.4) is 0 Å². The molecule has 0 aromatic carbocycles. The number of alkyl halides is 2. The molecule has 4 nitrogen and oxygen atoms in total. The number of aliphatic hydroxyl groups excluding tert-OH is 1. The molecule has 0 aliphatic carbocycles. The zero-order chi connectivity index (χ0) is 12.1. The quantitative estimate of drug-likeness (QED) is 0.877. The highest BCUT2D eigenvalue weighted by Crippen LogP contribution is 2.12. The number of hydrogen-bond donors (Lipinski definition) is 2. The summed E-state index contributed by atoms with van der Waals surface area (Å²) in [5, 5.41) is 11.0. The second-order valence-corrected chi connectivity index (χ2v) is 3.80. The van der Waals surface area contributed by atoms with E-state index < -0.39 is 25.0 Å².